The van der Waals surface area contributed by atoms with Crippen molar-refractivity contribution in [1.82, 2.24) is 4.98 Å². The number of rotatable bonds is 7. The molecule has 1 aromatic heterocycles. The van der Waals surface area contributed by atoms with Crippen LogP contribution in [0.4, 0.5) is 17.2 Å². The zero-order valence-electron chi connectivity index (χ0n) is 18.6. The van der Waals surface area contributed by atoms with Crippen LogP contribution in [0.25, 0.3) is 0 Å². The van der Waals surface area contributed by atoms with Crippen molar-refractivity contribution in [2.24, 2.45) is 0 Å². The highest BCUT2D eigenvalue weighted by Crippen LogP contribution is 2.38. The Morgan fingerprint density at radius 3 is 2.81 bits per heavy atom. The topological polar surface area (TPSA) is 72.9 Å². The summed E-state index contributed by atoms with van der Waals surface area (Å²) in [6, 6.07) is 15.2. The molecule has 1 N–H and O–H groups in total. The fourth-order valence-corrected chi connectivity index (χ4v) is 3.55. The van der Waals surface area contributed by atoms with Crippen LogP contribution in [0.15, 0.2) is 54.7 Å². The number of aromatic nitrogens is 1. The lowest BCUT2D eigenvalue weighted by molar-refractivity contribution is 0.102. The molecule has 166 valence electrons. The first-order valence-electron chi connectivity index (χ1n) is 10.6. The van der Waals surface area contributed by atoms with Gasteiger partial charge < -0.3 is 24.4 Å². The van der Waals surface area contributed by atoms with Gasteiger partial charge in [-0.15, -0.1) is 0 Å². The minimum Gasteiger partial charge on any atom is -0.491 e. The highest BCUT2D eigenvalue weighted by Gasteiger charge is 2.25. The third-order valence-electron chi connectivity index (χ3n) is 5.25. The van der Waals surface area contributed by atoms with Crippen molar-refractivity contribution in [2.45, 2.75) is 13.8 Å². The van der Waals surface area contributed by atoms with Crippen LogP contribution in [-0.2, 0) is 4.74 Å². The van der Waals surface area contributed by atoms with Gasteiger partial charge in [0.25, 0.3) is 5.91 Å². The van der Waals surface area contributed by atoms with Crippen LogP contribution >= 0.6 is 0 Å². The van der Waals surface area contributed by atoms with Gasteiger partial charge in [0.1, 0.15) is 24.8 Å². The summed E-state index contributed by atoms with van der Waals surface area (Å²) >= 11 is 0. The number of benzene rings is 2. The largest absolute Gasteiger partial charge is 0.491 e. The number of carbonyl (C=O) groups excluding carboxylic acids is 1. The number of hydrogen-bond donors (Lipinski definition) is 1. The number of pyridine rings is 1. The minimum atomic E-state index is -0.243. The normalized spacial score (nSPS) is 12.7. The molecule has 0 atom stereocenters. The first kappa shape index (κ1) is 21.6. The van der Waals surface area contributed by atoms with E-state index in [0.717, 1.165) is 22.6 Å². The molecule has 0 saturated carbocycles. The molecule has 7 heteroatoms. The monoisotopic (exact) mass is 433 g/mol. The van der Waals surface area contributed by atoms with Crippen molar-refractivity contribution in [2.75, 3.05) is 43.7 Å². The van der Waals surface area contributed by atoms with Gasteiger partial charge in [-0.05, 0) is 49.2 Å². The lowest BCUT2D eigenvalue weighted by Crippen LogP contribution is -2.30. The molecule has 0 radical (unpaired) electrons. The number of methoxy groups -OCH3 is 1. The Hall–Kier alpha value is -3.58. The molecule has 0 spiro atoms. The van der Waals surface area contributed by atoms with Crippen LogP contribution in [0.5, 0.6) is 11.5 Å². The molecule has 0 saturated heterocycles. The Labute approximate surface area is 187 Å². The van der Waals surface area contributed by atoms with Crippen LogP contribution in [0.1, 0.15) is 21.5 Å². The van der Waals surface area contributed by atoms with Gasteiger partial charge in [-0.2, -0.15) is 0 Å². The fraction of sp³-hybridized carbons (Fsp3) is 0.280. The zero-order valence-corrected chi connectivity index (χ0v) is 18.6. The summed E-state index contributed by atoms with van der Waals surface area (Å²) in [4.78, 5) is 19.8. The molecule has 7 nitrogen and oxygen atoms in total. The van der Waals surface area contributed by atoms with Gasteiger partial charge >= 0.3 is 0 Å². The molecule has 2 heterocycles. The maximum Gasteiger partial charge on any atom is 0.259 e. The van der Waals surface area contributed by atoms with Crippen molar-refractivity contribution in [3.8, 4) is 11.5 Å². The quantitative estimate of drug-likeness (QED) is 0.553. The predicted octanol–water partition coefficient (Wildman–Crippen LogP) is 4.51. The molecule has 0 aliphatic carbocycles. The Balaban J connectivity index is 1.57. The maximum absolute atomic E-state index is 13.1. The molecule has 2 aromatic carbocycles. The van der Waals surface area contributed by atoms with Crippen molar-refractivity contribution in [1.29, 1.82) is 0 Å². The van der Waals surface area contributed by atoms with Gasteiger partial charge in [-0.3, -0.25) is 4.79 Å². The number of amides is 1. The molecule has 0 unspecified atom stereocenters. The second-order valence-electron chi connectivity index (χ2n) is 7.62. The first-order valence-corrected chi connectivity index (χ1v) is 10.6. The molecular weight excluding hydrogens is 406 g/mol. The van der Waals surface area contributed by atoms with Crippen LogP contribution in [0.3, 0.4) is 0 Å². The standard InChI is InChI=1S/C25H27N3O4/c1-17-7-10-23(26-16-17)28-11-12-32-24-20(5-4-6-21(24)28)25(29)27-19-9-8-18(2)22(15-19)31-14-13-30-3/h4-10,15-16H,11-14H2,1-3H3,(H,27,29). The number of ether oxygens (including phenoxy) is 3. The average Bonchev–Trinajstić information content (AvgIpc) is 2.81. The van der Waals surface area contributed by atoms with Crippen molar-refractivity contribution < 1.29 is 19.0 Å². The summed E-state index contributed by atoms with van der Waals surface area (Å²) in [5, 5.41) is 2.96. The zero-order chi connectivity index (χ0) is 22.5. The van der Waals surface area contributed by atoms with E-state index in [1.54, 1.807) is 13.2 Å². The Bertz CT molecular complexity index is 1100. The third kappa shape index (κ3) is 4.68. The van der Waals surface area contributed by atoms with Crippen molar-refractivity contribution in [3.05, 3.63) is 71.4 Å². The molecule has 1 aliphatic heterocycles. The van der Waals surface area contributed by atoms with E-state index in [2.05, 4.69) is 15.2 Å². The van der Waals surface area contributed by atoms with Crippen molar-refractivity contribution in [3.63, 3.8) is 0 Å². The lowest BCUT2D eigenvalue weighted by Gasteiger charge is -2.31. The fourth-order valence-electron chi connectivity index (χ4n) is 3.55. The van der Waals surface area contributed by atoms with Gasteiger partial charge in [-0.1, -0.05) is 18.2 Å². The number of nitrogens with zero attached hydrogens (tertiary/aromatic N) is 2. The van der Waals surface area contributed by atoms with Gasteiger partial charge in [0, 0.05) is 25.1 Å². The molecule has 4 rings (SSSR count). The molecule has 0 fully saturated rings. The number of carbonyl (C=O) groups is 1. The minimum absolute atomic E-state index is 0.243. The smallest absolute Gasteiger partial charge is 0.259 e. The number of nitrogens with one attached hydrogen (secondary N) is 1. The van der Waals surface area contributed by atoms with E-state index in [-0.39, 0.29) is 5.91 Å². The summed E-state index contributed by atoms with van der Waals surface area (Å²) in [5.41, 5.74) is 4.03. The summed E-state index contributed by atoms with van der Waals surface area (Å²) in [6.45, 7) is 6.03. The van der Waals surface area contributed by atoms with E-state index in [4.69, 9.17) is 14.2 Å². The van der Waals surface area contributed by atoms with Crippen LogP contribution < -0.4 is 19.7 Å². The van der Waals surface area contributed by atoms with E-state index in [0.29, 0.717) is 49.1 Å². The molecule has 32 heavy (non-hydrogen) atoms. The molecular formula is C25H27N3O4. The van der Waals surface area contributed by atoms with E-state index in [1.165, 1.54) is 0 Å². The Morgan fingerprint density at radius 2 is 2.03 bits per heavy atom. The second kappa shape index (κ2) is 9.70. The van der Waals surface area contributed by atoms with E-state index in [1.807, 2.05) is 62.5 Å². The van der Waals surface area contributed by atoms with E-state index in [9.17, 15) is 4.79 Å². The highest BCUT2D eigenvalue weighted by atomic mass is 16.5. The summed E-state index contributed by atoms with van der Waals surface area (Å²) in [7, 11) is 1.63. The number of fused-ring (bicyclic) bond motifs is 1. The maximum atomic E-state index is 13.1. The number of anilines is 3. The van der Waals surface area contributed by atoms with Gasteiger partial charge in [0.15, 0.2) is 5.75 Å². The van der Waals surface area contributed by atoms with Crippen LogP contribution in [0, 0.1) is 13.8 Å². The SMILES string of the molecule is COCCOc1cc(NC(=O)c2cccc3c2OCCN3c2ccc(C)cn2)ccc1C. The van der Waals surface area contributed by atoms with Gasteiger partial charge in [-0.25, -0.2) is 4.98 Å². The van der Waals surface area contributed by atoms with Crippen molar-refractivity contribution >= 4 is 23.1 Å². The molecule has 3 aromatic rings. The Kier molecular flexibility index (Phi) is 6.56. The lowest BCUT2D eigenvalue weighted by atomic mass is 10.1. The molecule has 1 aliphatic rings. The van der Waals surface area contributed by atoms with Gasteiger partial charge in [0.05, 0.1) is 24.4 Å². The van der Waals surface area contributed by atoms with E-state index < -0.39 is 0 Å². The summed E-state index contributed by atoms with van der Waals surface area (Å²) in [5.74, 6) is 1.85. The number of aryl methyl sites for hydroxylation is 2. The average molecular weight is 434 g/mol. The number of para-hydroxylation sites is 1. The molecule has 0 bridgehead atoms. The predicted molar refractivity (Wildman–Crippen MR) is 124 cm³/mol. The first-order chi connectivity index (χ1) is 15.6. The summed E-state index contributed by atoms with van der Waals surface area (Å²) in [6.07, 6.45) is 1.84. The van der Waals surface area contributed by atoms with Crippen LogP contribution in [0.2, 0.25) is 0 Å². The summed E-state index contributed by atoms with van der Waals surface area (Å²) < 4.78 is 16.7. The third-order valence-corrected chi connectivity index (χ3v) is 5.25. The van der Waals surface area contributed by atoms with Gasteiger partial charge in [0.2, 0.25) is 0 Å². The number of hydrogen-bond acceptors (Lipinski definition) is 6. The van der Waals surface area contributed by atoms with Crippen LogP contribution in [-0.4, -0.2) is 44.4 Å². The highest BCUT2D eigenvalue weighted by molar-refractivity contribution is 6.07. The van der Waals surface area contributed by atoms with E-state index >= 15 is 0 Å². The molecule has 1 amide bonds. The second-order valence-corrected chi connectivity index (χ2v) is 7.62. The Morgan fingerprint density at radius 1 is 1.16 bits per heavy atom.